The highest BCUT2D eigenvalue weighted by Gasteiger charge is 2.11. The third-order valence-electron chi connectivity index (χ3n) is 2.23. The number of nitrogens with zero attached hydrogens (tertiary/aromatic N) is 2. The van der Waals surface area contributed by atoms with E-state index in [4.69, 9.17) is 10.2 Å². The minimum atomic E-state index is -1.40. The van der Waals surface area contributed by atoms with Crippen LogP contribution in [0, 0.1) is 6.92 Å². The molecule has 0 saturated carbocycles. The molecule has 0 unspecified atom stereocenters. The van der Waals surface area contributed by atoms with Crippen molar-refractivity contribution in [3.63, 3.8) is 0 Å². The Morgan fingerprint density at radius 1 is 1.39 bits per heavy atom. The summed E-state index contributed by atoms with van der Waals surface area (Å²) in [6.45, 7) is 1.91. The minimum absolute atomic E-state index is 0.0943. The summed E-state index contributed by atoms with van der Waals surface area (Å²) >= 11 is 1.12. The quantitative estimate of drug-likeness (QED) is 0.484. The first-order valence-corrected chi connectivity index (χ1v) is 6.26. The number of phenolic OH excluding ortho intramolecular Hbond substituents is 1. The number of aromatic hydroxyl groups is 1. The average Bonchev–Trinajstić information content (AvgIpc) is 2.78. The van der Waals surface area contributed by atoms with Crippen LogP contribution < -0.4 is 0 Å². The largest absolute Gasteiger partial charge is 0.507 e. The lowest BCUT2D eigenvalue weighted by Gasteiger charge is -2.01. The summed E-state index contributed by atoms with van der Waals surface area (Å²) in [5.74, 6) is 0.665. The summed E-state index contributed by atoms with van der Waals surface area (Å²) < 4.78 is 0. The zero-order chi connectivity index (χ0) is 13.1. The fourth-order valence-corrected chi connectivity index (χ4v) is 1.98. The molecule has 0 aliphatic rings. The topological polar surface area (TPSA) is 102 Å². The van der Waals surface area contributed by atoms with Gasteiger partial charge in [-0.25, -0.2) is 4.98 Å². The number of hydrogen-bond acceptors (Lipinski definition) is 6. The van der Waals surface area contributed by atoms with Gasteiger partial charge < -0.3 is 15.3 Å². The van der Waals surface area contributed by atoms with Crippen LogP contribution in [0.4, 0.5) is 0 Å². The Morgan fingerprint density at radius 2 is 2.17 bits per heavy atom. The maximum atomic E-state index is 9.74. The lowest BCUT2D eigenvalue weighted by Crippen LogP contribution is -2.07. The Labute approximate surface area is 108 Å². The maximum Gasteiger partial charge on any atom is 0.208 e. The second kappa shape index (κ2) is 5.38. The monoisotopic (exact) mass is 267 g/mol. The number of aliphatic hydroxyl groups is 2. The first-order chi connectivity index (χ1) is 8.56. The molecule has 0 saturated heterocycles. The zero-order valence-corrected chi connectivity index (χ0v) is 10.5. The van der Waals surface area contributed by atoms with E-state index >= 15 is 0 Å². The number of aromatic amines is 1. The van der Waals surface area contributed by atoms with E-state index in [2.05, 4.69) is 15.2 Å². The molecule has 2 aromatic rings. The van der Waals surface area contributed by atoms with Gasteiger partial charge in [-0.15, -0.1) is 5.10 Å². The Morgan fingerprint density at radius 3 is 2.89 bits per heavy atom. The SMILES string of the molecule is Cc1ccc(O)c(-c2nc(SCC(O)O)n[nH]2)c1. The number of benzene rings is 1. The number of H-pyrrole nitrogens is 1. The second-order valence-corrected chi connectivity index (χ2v) is 4.77. The molecule has 96 valence electrons. The highest BCUT2D eigenvalue weighted by atomic mass is 32.2. The number of nitrogens with one attached hydrogen (secondary N) is 1. The van der Waals surface area contributed by atoms with Crippen molar-refractivity contribution < 1.29 is 15.3 Å². The Balaban J connectivity index is 2.21. The van der Waals surface area contributed by atoms with Gasteiger partial charge in [0.05, 0.1) is 11.3 Å². The molecule has 0 atom stereocenters. The molecule has 0 fully saturated rings. The third-order valence-corrected chi connectivity index (χ3v) is 3.14. The van der Waals surface area contributed by atoms with E-state index in [1.54, 1.807) is 18.2 Å². The lowest BCUT2D eigenvalue weighted by atomic mass is 10.1. The van der Waals surface area contributed by atoms with Gasteiger partial charge in [-0.2, -0.15) is 0 Å². The number of rotatable bonds is 4. The maximum absolute atomic E-state index is 9.74. The molecule has 1 heterocycles. The molecule has 0 aliphatic heterocycles. The number of hydrogen-bond donors (Lipinski definition) is 4. The van der Waals surface area contributed by atoms with Crippen molar-refractivity contribution in [2.75, 3.05) is 5.75 Å². The number of thioether (sulfide) groups is 1. The highest BCUT2D eigenvalue weighted by molar-refractivity contribution is 7.99. The van der Waals surface area contributed by atoms with E-state index in [1.165, 1.54) is 0 Å². The van der Waals surface area contributed by atoms with Crippen molar-refractivity contribution in [2.45, 2.75) is 18.4 Å². The van der Waals surface area contributed by atoms with E-state index in [-0.39, 0.29) is 11.5 Å². The summed E-state index contributed by atoms with van der Waals surface area (Å²) in [6.07, 6.45) is -1.40. The Kier molecular flexibility index (Phi) is 3.85. The molecule has 0 amide bonds. The van der Waals surface area contributed by atoms with E-state index in [1.807, 2.05) is 6.92 Å². The van der Waals surface area contributed by atoms with Crippen molar-refractivity contribution in [1.82, 2.24) is 15.2 Å². The van der Waals surface area contributed by atoms with Crippen molar-refractivity contribution in [2.24, 2.45) is 0 Å². The van der Waals surface area contributed by atoms with Crippen LogP contribution in [0.15, 0.2) is 23.4 Å². The molecule has 0 bridgehead atoms. The van der Waals surface area contributed by atoms with Crippen LogP contribution in [0.25, 0.3) is 11.4 Å². The number of aliphatic hydroxyl groups excluding tert-OH is 1. The minimum Gasteiger partial charge on any atom is -0.507 e. The fraction of sp³-hybridized carbons (Fsp3) is 0.273. The number of aryl methyl sites for hydroxylation is 1. The summed E-state index contributed by atoms with van der Waals surface area (Å²) in [4.78, 5) is 4.17. The van der Waals surface area contributed by atoms with Crippen LogP contribution in [-0.4, -0.2) is 42.5 Å². The summed E-state index contributed by atoms with van der Waals surface area (Å²) in [7, 11) is 0. The molecule has 0 spiro atoms. The Bertz CT molecular complexity index is 542. The molecule has 6 nitrogen and oxygen atoms in total. The molecule has 1 aromatic heterocycles. The van der Waals surface area contributed by atoms with Gasteiger partial charge in [0.1, 0.15) is 5.75 Å². The van der Waals surface area contributed by atoms with Gasteiger partial charge in [0, 0.05) is 0 Å². The number of aromatic nitrogens is 3. The van der Waals surface area contributed by atoms with Crippen molar-refractivity contribution >= 4 is 11.8 Å². The predicted molar refractivity (Wildman–Crippen MR) is 67.2 cm³/mol. The molecule has 2 rings (SSSR count). The lowest BCUT2D eigenvalue weighted by molar-refractivity contribution is -0.0186. The molecule has 7 heteroatoms. The van der Waals surface area contributed by atoms with E-state index in [9.17, 15) is 5.11 Å². The molecule has 1 aromatic carbocycles. The molecule has 18 heavy (non-hydrogen) atoms. The van der Waals surface area contributed by atoms with E-state index in [0.717, 1.165) is 17.3 Å². The standard InChI is InChI=1S/C11H13N3O3S/c1-6-2-3-8(15)7(4-6)10-12-11(14-13-10)18-5-9(16)17/h2-4,9,15-17H,5H2,1H3,(H,12,13,14). The van der Waals surface area contributed by atoms with Gasteiger partial charge in [0.25, 0.3) is 0 Å². The third kappa shape index (κ3) is 3.00. The zero-order valence-electron chi connectivity index (χ0n) is 9.66. The first kappa shape index (κ1) is 12.9. The summed E-state index contributed by atoms with van der Waals surface area (Å²) in [6, 6.07) is 5.19. The van der Waals surface area contributed by atoms with Crippen LogP contribution in [0.3, 0.4) is 0 Å². The first-order valence-electron chi connectivity index (χ1n) is 5.27. The van der Waals surface area contributed by atoms with Crippen LogP contribution in [0.2, 0.25) is 0 Å². The average molecular weight is 267 g/mol. The van der Waals surface area contributed by atoms with Gasteiger partial charge in [0.15, 0.2) is 12.1 Å². The molecular formula is C11H13N3O3S. The van der Waals surface area contributed by atoms with Gasteiger partial charge in [-0.3, -0.25) is 5.10 Å². The summed E-state index contributed by atoms with van der Waals surface area (Å²) in [5.41, 5.74) is 1.57. The van der Waals surface area contributed by atoms with Crippen LogP contribution in [-0.2, 0) is 0 Å². The Hall–Kier alpha value is -1.57. The summed E-state index contributed by atoms with van der Waals surface area (Å²) in [5, 5.41) is 34.3. The predicted octanol–water partition coefficient (Wildman–Crippen LogP) is 0.889. The molecule has 0 radical (unpaired) electrons. The van der Waals surface area contributed by atoms with Crippen molar-refractivity contribution in [1.29, 1.82) is 0 Å². The second-order valence-electron chi connectivity index (χ2n) is 3.78. The fourth-order valence-electron chi connectivity index (χ4n) is 1.42. The number of phenols is 1. The van der Waals surface area contributed by atoms with E-state index in [0.29, 0.717) is 16.5 Å². The van der Waals surface area contributed by atoms with Gasteiger partial charge in [0.2, 0.25) is 5.16 Å². The molecule has 4 N–H and O–H groups in total. The van der Waals surface area contributed by atoms with Gasteiger partial charge in [-0.05, 0) is 19.1 Å². The highest BCUT2D eigenvalue weighted by Crippen LogP contribution is 2.28. The van der Waals surface area contributed by atoms with Crippen LogP contribution >= 0.6 is 11.8 Å². The smallest absolute Gasteiger partial charge is 0.208 e. The van der Waals surface area contributed by atoms with Crippen LogP contribution in [0.5, 0.6) is 5.75 Å². The van der Waals surface area contributed by atoms with Gasteiger partial charge >= 0.3 is 0 Å². The van der Waals surface area contributed by atoms with Crippen molar-refractivity contribution in [3.05, 3.63) is 23.8 Å². The van der Waals surface area contributed by atoms with Crippen LogP contribution in [0.1, 0.15) is 5.56 Å². The molecular weight excluding hydrogens is 254 g/mol. The normalized spacial score (nSPS) is 11.1. The van der Waals surface area contributed by atoms with Crippen molar-refractivity contribution in [3.8, 4) is 17.1 Å². The van der Waals surface area contributed by atoms with E-state index < -0.39 is 6.29 Å². The molecule has 0 aliphatic carbocycles. The van der Waals surface area contributed by atoms with Gasteiger partial charge in [-0.1, -0.05) is 23.4 Å².